The molecule has 2 aromatic rings. The molecule has 0 unspecified atom stereocenters. The zero-order valence-corrected chi connectivity index (χ0v) is 16.4. The molecule has 0 bridgehead atoms. The van der Waals surface area contributed by atoms with E-state index in [0.29, 0.717) is 13.0 Å². The van der Waals surface area contributed by atoms with Crippen LogP contribution in [0.5, 0.6) is 0 Å². The summed E-state index contributed by atoms with van der Waals surface area (Å²) in [5.74, 6) is -0.473. The summed E-state index contributed by atoms with van der Waals surface area (Å²) < 4.78 is 5.88. The van der Waals surface area contributed by atoms with Crippen LogP contribution in [0.15, 0.2) is 46.9 Å². The molecule has 1 N–H and O–H groups in total. The van der Waals surface area contributed by atoms with Crippen LogP contribution in [0.4, 0.5) is 5.69 Å². The number of hydrogen-bond donors (Lipinski definition) is 1. The fourth-order valence-electron chi connectivity index (χ4n) is 3.17. The van der Waals surface area contributed by atoms with Crippen molar-refractivity contribution in [2.75, 3.05) is 19.0 Å². The highest BCUT2D eigenvalue weighted by atomic mass is 79.9. The Morgan fingerprint density at radius 2 is 1.96 bits per heavy atom. The van der Waals surface area contributed by atoms with Gasteiger partial charge in [-0.2, -0.15) is 0 Å². The van der Waals surface area contributed by atoms with E-state index in [-0.39, 0.29) is 18.4 Å². The largest absolute Gasteiger partial charge is 0.468 e. The summed E-state index contributed by atoms with van der Waals surface area (Å²) in [6.07, 6.45) is 0.548. The molecular formula is C20H21BrN2O3. The van der Waals surface area contributed by atoms with E-state index in [4.69, 9.17) is 4.74 Å². The second kappa shape index (κ2) is 8.01. The monoisotopic (exact) mass is 416 g/mol. The summed E-state index contributed by atoms with van der Waals surface area (Å²) >= 11 is 3.47. The second-order valence-electron chi connectivity index (χ2n) is 6.43. The number of anilines is 1. The maximum absolute atomic E-state index is 12.5. The number of rotatable bonds is 4. The summed E-state index contributed by atoms with van der Waals surface area (Å²) in [5.41, 5.74) is 4.08. The number of benzene rings is 2. The molecule has 0 saturated carbocycles. The molecule has 0 saturated heterocycles. The van der Waals surface area contributed by atoms with E-state index in [1.807, 2.05) is 54.3 Å². The first-order chi connectivity index (χ1) is 12.5. The number of halogens is 1. The molecule has 3 rings (SSSR count). The Morgan fingerprint density at radius 3 is 2.65 bits per heavy atom. The molecule has 0 radical (unpaired) electrons. The van der Waals surface area contributed by atoms with Gasteiger partial charge in [-0.1, -0.05) is 46.3 Å². The number of amides is 1. The molecule has 1 heterocycles. The van der Waals surface area contributed by atoms with Gasteiger partial charge >= 0.3 is 5.97 Å². The van der Waals surface area contributed by atoms with Crippen LogP contribution in [0, 0.1) is 6.92 Å². The van der Waals surface area contributed by atoms with Gasteiger partial charge in [-0.05, 0) is 42.2 Å². The maximum atomic E-state index is 12.5. The molecule has 0 spiro atoms. The Kier molecular flexibility index (Phi) is 5.74. The zero-order valence-electron chi connectivity index (χ0n) is 14.8. The summed E-state index contributed by atoms with van der Waals surface area (Å²) in [5, 5.41) is 2.90. The van der Waals surface area contributed by atoms with E-state index in [0.717, 1.165) is 26.9 Å². The predicted molar refractivity (Wildman–Crippen MR) is 104 cm³/mol. The first-order valence-corrected chi connectivity index (χ1v) is 9.22. The molecule has 0 aliphatic carbocycles. The molecule has 6 heteroatoms. The standard InChI is InChI=1S/C20H21BrN2O3/c1-13-7-8-16(10-17(13)21)22-19(24)12-23-11-15-6-4-3-5-14(15)9-18(23)20(25)26-2/h3-8,10,18H,9,11-12H2,1-2H3,(H,22,24)/t18-/m1/s1. The fraction of sp³-hybridized carbons (Fsp3) is 0.300. The van der Waals surface area contributed by atoms with E-state index < -0.39 is 6.04 Å². The summed E-state index contributed by atoms with van der Waals surface area (Å²) in [6, 6.07) is 13.2. The van der Waals surface area contributed by atoms with Gasteiger partial charge in [-0.15, -0.1) is 0 Å². The first kappa shape index (κ1) is 18.6. The number of nitrogens with one attached hydrogen (secondary N) is 1. The number of methoxy groups -OCH3 is 1. The Balaban J connectivity index is 1.74. The number of aryl methyl sites for hydroxylation is 1. The molecule has 2 aromatic carbocycles. The van der Waals surface area contributed by atoms with Gasteiger partial charge in [-0.25, -0.2) is 0 Å². The number of carbonyl (C=O) groups excluding carboxylic acids is 2. The van der Waals surface area contributed by atoms with Crippen LogP contribution in [0.1, 0.15) is 16.7 Å². The quantitative estimate of drug-likeness (QED) is 0.776. The number of fused-ring (bicyclic) bond motifs is 1. The Bertz CT molecular complexity index is 838. The summed E-state index contributed by atoms with van der Waals surface area (Å²) in [4.78, 5) is 26.6. The van der Waals surface area contributed by atoms with E-state index in [2.05, 4.69) is 21.2 Å². The van der Waals surface area contributed by atoms with E-state index in [1.54, 1.807) is 0 Å². The molecular weight excluding hydrogens is 396 g/mol. The van der Waals surface area contributed by atoms with Gasteiger partial charge in [0.2, 0.25) is 5.91 Å². The lowest BCUT2D eigenvalue weighted by molar-refractivity contribution is -0.148. The van der Waals surface area contributed by atoms with E-state index >= 15 is 0 Å². The minimum absolute atomic E-state index is 0.125. The van der Waals surface area contributed by atoms with Crippen molar-refractivity contribution in [2.24, 2.45) is 0 Å². The third-order valence-electron chi connectivity index (χ3n) is 4.62. The van der Waals surface area contributed by atoms with Gasteiger partial charge < -0.3 is 10.1 Å². The minimum Gasteiger partial charge on any atom is -0.468 e. The van der Waals surface area contributed by atoms with Crippen LogP contribution >= 0.6 is 15.9 Å². The number of esters is 1. The molecule has 5 nitrogen and oxygen atoms in total. The summed E-state index contributed by atoms with van der Waals surface area (Å²) in [6.45, 7) is 2.66. The minimum atomic E-state index is -0.453. The molecule has 26 heavy (non-hydrogen) atoms. The molecule has 1 amide bonds. The van der Waals surface area contributed by atoms with Crippen LogP contribution in [0.2, 0.25) is 0 Å². The lowest BCUT2D eigenvalue weighted by atomic mass is 9.94. The molecule has 136 valence electrons. The number of ether oxygens (including phenoxy) is 1. The lowest BCUT2D eigenvalue weighted by Gasteiger charge is -2.34. The van der Waals surface area contributed by atoms with Gasteiger partial charge in [0, 0.05) is 16.7 Å². The van der Waals surface area contributed by atoms with Gasteiger partial charge in [0.1, 0.15) is 6.04 Å². The van der Waals surface area contributed by atoms with Crippen molar-refractivity contribution in [2.45, 2.75) is 25.9 Å². The maximum Gasteiger partial charge on any atom is 0.323 e. The first-order valence-electron chi connectivity index (χ1n) is 8.42. The van der Waals surface area contributed by atoms with Gasteiger partial charge in [-0.3, -0.25) is 14.5 Å². The SMILES string of the molecule is COC(=O)[C@H]1Cc2ccccc2CN1CC(=O)Nc1ccc(C)c(Br)c1. The van der Waals surface area contributed by atoms with Crippen LogP contribution < -0.4 is 5.32 Å². The fourth-order valence-corrected chi connectivity index (χ4v) is 3.55. The molecule has 1 atom stereocenters. The Hall–Kier alpha value is -2.18. The van der Waals surface area contributed by atoms with Crippen LogP contribution in [0.3, 0.4) is 0 Å². The van der Waals surface area contributed by atoms with Crippen molar-refractivity contribution < 1.29 is 14.3 Å². The van der Waals surface area contributed by atoms with Gasteiger partial charge in [0.15, 0.2) is 0 Å². The molecule has 1 aliphatic heterocycles. The topological polar surface area (TPSA) is 58.6 Å². The molecule has 0 aromatic heterocycles. The van der Waals surface area contributed by atoms with E-state index in [9.17, 15) is 9.59 Å². The van der Waals surface area contributed by atoms with Gasteiger partial charge in [0.05, 0.1) is 13.7 Å². The molecule has 0 fully saturated rings. The van der Waals surface area contributed by atoms with Crippen molar-refractivity contribution >= 4 is 33.5 Å². The third-order valence-corrected chi connectivity index (χ3v) is 5.48. The van der Waals surface area contributed by atoms with Crippen LogP contribution in [-0.2, 0) is 27.3 Å². The highest BCUT2D eigenvalue weighted by Gasteiger charge is 2.33. The van der Waals surface area contributed by atoms with E-state index in [1.165, 1.54) is 7.11 Å². The number of carbonyl (C=O) groups is 2. The second-order valence-corrected chi connectivity index (χ2v) is 7.28. The smallest absolute Gasteiger partial charge is 0.323 e. The van der Waals surface area contributed by atoms with Crippen molar-refractivity contribution in [3.05, 3.63) is 63.6 Å². The highest BCUT2D eigenvalue weighted by molar-refractivity contribution is 9.10. The van der Waals surface area contributed by atoms with Crippen LogP contribution in [-0.4, -0.2) is 36.5 Å². The Labute approximate surface area is 161 Å². The van der Waals surface area contributed by atoms with Crippen LogP contribution in [0.25, 0.3) is 0 Å². The third kappa shape index (κ3) is 4.14. The predicted octanol–water partition coefficient (Wildman–Crippen LogP) is 3.30. The highest BCUT2D eigenvalue weighted by Crippen LogP contribution is 2.24. The zero-order chi connectivity index (χ0) is 18.7. The average Bonchev–Trinajstić information content (AvgIpc) is 2.63. The van der Waals surface area contributed by atoms with Crippen molar-refractivity contribution in [3.8, 4) is 0 Å². The van der Waals surface area contributed by atoms with Crippen molar-refractivity contribution in [1.29, 1.82) is 0 Å². The number of hydrogen-bond acceptors (Lipinski definition) is 4. The summed E-state index contributed by atoms with van der Waals surface area (Å²) in [7, 11) is 1.38. The Morgan fingerprint density at radius 1 is 1.23 bits per heavy atom. The lowest BCUT2D eigenvalue weighted by Crippen LogP contribution is -2.49. The average molecular weight is 417 g/mol. The van der Waals surface area contributed by atoms with Crippen molar-refractivity contribution in [1.82, 2.24) is 4.90 Å². The van der Waals surface area contributed by atoms with Crippen molar-refractivity contribution in [3.63, 3.8) is 0 Å². The number of nitrogens with zero attached hydrogens (tertiary/aromatic N) is 1. The van der Waals surface area contributed by atoms with Gasteiger partial charge in [0.25, 0.3) is 0 Å². The normalized spacial score (nSPS) is 16.7. The molecule has 1 aliphatic rings.